The Morgan fingerprint density at radius 1 is 1.17 bits per heavy atom. The molecule has 3 heterocycles. The third-order valence-corrected chi connectivity index (χ3v) is 4.96. The molecule has 1 aliphatic rings. The summed E-state index contributed by atoms with van der Waals surface area (Å²) in [6.07, 6.45) is 4.45. The lowest BCUT2D eigenvalue weighted by Crippen LogP contribution is -2.29. The number of fused-ring (bicyclic) bond motifs is 1. The van der Waals surface area contributed by atoms with Crippen molar-refractivity contribution in [1.82, 2.24) is 24.6 Å². The van der Waals surface area contributed by atoms with Crippen LogP contribution in [0, 0.1) is 0 Å². The smallest absolute Gasteiger partial charge is 0.163 e. The maximum Gasteiger partial charge on any atom is 0.163 e. The molecule has 7 heteroatoms. The number of nitrogens with one attached hydrogen (secondary N) is 1. The number of hydrogen-bond acceptors (Lipinski definition) is 5. The molecule has 0 bridgehead atoms. The van der Waals surface area contributed by atoms with Crippen LogP contribution in [0.4, 0.5) is 5.82 Å². The highest BCUT2D eigenvalue weighted by atomic mass is 35.5. The lowest BCUT2D eigenvalue weighted by atomic mass is 10.00. The lowest BCUT2D eigenvalue weighted by Gasteiger charge is -2.26. The van der Waals surface area contributed by atoms with Crippen molar-refractivity contribution in [2.75, 3.05) is 18.9 Å². The zero-order chi connectivity index (χ0) is 16.7. The first kappa shape index (κ1) is 15.4. The largest absolute Gasteiger partial charge is 0.365 e. The molecule has 1 aromatic carbocycles. The van der Waals surface area contributed by atoms with Crippen LogP contribution in [-0.2, 0) is 7.05 Å². The van der Waals surface area contributed by atoms with Crippen molar-refractivity contribution >= 4 is 28.5 Å². The molecule has 2 aromatic heterocycles. The minimum absolute atomic E-state index is 0.273. The van der Waals surface area contributed by atoms with Crippen molar-refractivity contribution in [1.29, 1.82) is 0 Å². The van der Waals surface area contributed by atoms with Gasteiger partial charge in [-0.3, -0.25) is 9.58 Å². The fourth-order valence-electron chi connectivity index (χ4n) is 3.50. The highest BCUT2D eigenvalue weighted by molar-refractivity contribution is 6.30. The van der Waals surface area contributed by atoms with Crippen LogP contribution in [0.5, 0.6) is 0 Å². The summed E-state index contributed by atoms with van der Waals surface area (Å²) in [6, 6.07) is 8.65. The zero-order valence-electron chi connectivity index (χ0n) is 13.6. The SMILES string of the molecule is CN1CCC(Nc2ncnc3c2cnn3C)C1c1ccc(Cl)cc1. The van der Waals surface area contributed by atoms with E-state index >= 15 is 0 Å². The van der Waals surface area contributed by atoms with Crippen molar-refractivity contribution < 1.29 is 0 Å². The van der Waals surface area contributed by atoms with Crippen LogP contribution in [-0.4, -0.2) is 44.3 Å². The quantitative estimate of drug-likeness (QED) is 0.793. The molecular formula is C17H19ClN6. The topological polar surface area (TPSA) is 58.9 Å². The number of halogens is 1. The fraction of sp³-hybridized carbons (Fsp3) is 0.353. The van der Waals surface area contributed by atoms with Crippen LogP contribution in [0.25, 0.3) is 11.0 Å². The Morgan fingerprint density at radius 2 is 1.96 bits per heavy atom. The summed E-state index contributed by atoms with van der Waals surface area (Å²) in [7, 11) is 4.04. The summed E-state index contributed by atoms with van der Waals surface area (Å²) in [5, 5.41) is 9.60. The Kier molecular flexibility index (Phi) is 3.86. The molecule has 0 amide bonds. The first-order valence-corrected chi connectivity index (χ1v) is 8.36. The summed E-state index contributed by atoms with van der Waals surface area (Å²) in [5.41, 5.74) is 2.09. The maximum atomic E-state index is 6.03. The lowest BCUT2D eigenvalue weighted by molar-refractivity contribution is 0.309. The second kappa shape index (κ2) is 6.03. The number of nitrogens with zero attached hydrogens (tertiary/aromatic N) is 5. The van der Waals surface area contributed by atoms with Gasteiger partial charge in [-0.15, -0.1) is 0 Å². The van der Waals surface area contributed by atoms with Gasteiger partial charge in [-0.25, -0.2) is 9.97 Å². The first-order chi connectivity index (χ1) is 11.6. The van der Waals surface area contributed by atoms with Gasteiger partial charge in [0, 0.05) is 24.7 Å². The van der Waals surface area contributed by atoms with E-state index in [2.05, 4.69) is 44.5 Å². The molecule has 1 fully saturated rings. The number of rotatable bonds is 3. The predicted molar refractivity (Wildman–Crippen MR) is 95.2 cm³/mol. The number of anilines is 1. The van der Waals surface area contributed by atoms with E-state index < -0.39 is 0 Å². The Hall–Kier alpha value is -2.18. The molecule has 124 valence electrons. The number of aryl methyl sites for hydroxylation is 1. The molecule has 6 nitrogen and oxygen atoms in total. The third-order valence-electron chi connectivity index (χ3n) is 4.71. The molecule has 1 N–H and O–H groups in total. The van der Waals surface area contributed by atoms with Crippen LogP contribution in [0.3, 0.4) is 0 Å². The molecule has 2 unspecified atom stereocenters. The highest BCUT2D eigenvalue weighted by Gasteiger charge is 2.33. The minimum atomic E-state index is 0.273. The van der Waals surface area contributed by atoms with Crippen LogP contribution in [0.15, 0.2) is 36.8 Å². The Bertz CT molecular complexity index is 859. The summed E-state index contributed by atoms with van der Waals surface area (Å²) >= 11 is 6.03. The number of aromatic nitrogens is 4. The van der Waals surface area contributed by atoms with E-state index in [4.69, 9.17) is 11.6 Å². The van der Waals surface area contributed by atoms with E-state index in [1.165, 1.54) is 5.56 Å². The van der Waals surface area contributed by atoms with E-state index in [1.807, 2.05) is 25.4 Å². The van der Waals surface area contributed by atoms with E-state index in [0.29, 0.717) is 0 Å². The average molecular weight is 343 g/mol. The molecule has 3 aromatic rings. The standard InChI is InChI=1S/C17H19ClN6/c1-23-8-7-14(15(23)11-3-5-12(18)6-4-11)22-16-13-9-21-24(2)17(13)20-10-19-16/h3-6,9-10,14-15H,7-8H2,1-2H3,(H,19,20,22). The van der Waals surface area contributed by atoms with Crippen molar-refractivity contribution in [2.24, 2.45) is 7.05 Å². The molecule has 0 saturated carbocycles. The molecule has 4 rings (SSSR count). The summed E-state index contributed by atoms with van der Waals surface area (Å²) in [4.78, 5) is 11.1. The second-order valence-corrected chi connectivity index (χ2v) is 6.68. The van der Waals surface area contributed by atoms with Crippen molar-refractivity contribution in [3.05, 3.63) is 47.4 Å². The normalized spacial score (nSPS) is 21.5. The maximum absolute atomic E-state index is 6.03. The zero-order valence-corrected chi connectivity index (χ0v) is 14.4. The van der Waals surface area contributed by atoms with E-state index in [9.17, 15) is 0 Å². The van der Waals surface area contributed by atoms with Crippen LogP contribution in [0.2, 0.25) is 5.02 Å². The Labute approximate surface area is 145 Å². The Morgan fingerprint density at radius 3 is 2.75 bits per heavy atom. The van der Waals surface area contributed by atoms with Crippen LogP contribution < -0.4 is 5.32 Å². The van der Waals surface area contributed by atoms with Gasteiger partial charge >= 0.3 is 0 Å². The van der Waals surface area contributed by atoms with E-state index in [-0.39, 0.29) is 12.1 Å². The molecule has 0 radical (unpaired) electrons. The van der Waals surface area contributed by atoms with Crippen LogP contribution >= 0.6 is 11.6 Å². The summed E-state index contributed by atoms with van der Waals surface area (Å²) in [5.74, 6) is 0.840. The molecule has 2 atom stereocenters. The first-order valence-electron chi connectivity index (χ1n) is 7.98. The molecule has 24 heavy (non-hydrogen) atoms. The molecule has 0 spiro atoms. The van der Waals surface area contributed by atoms with E-state index in [0.717, 1.165) is 34.8 Å². The fourth-order valence-corrected chi connectivity index (χ4v) is 3.62. The number of likely N-dealkylation sites (tertiary alicyclic amines) is 1. The Balaban J connectivity index is 1.66. The average Bonchev–Trinajstić information content (AvgIpc) is 3.13. The molecule has 1 saturated heterocycles. The number of hydrogen-bond donors (Lipinski definition) is 1. The van der Waals surface area contributed by atoms with Crippen molar-refractivity contribution in [2.45, 2.75) is 18.5 Å². The molecular weight excluding hydrogens is 324 g/mol. The van der Waals surface area contributed by atoms with Crippen molar-refractivity contribution in [3.63, 3.8) is 0 Å². The van der Waals surface area contributed by atoms with Gasteiger partial charge in [0.25, 0.3) is 0 Å². The molecule has 0 aliphatic carbocycles. The van der Waals surface area contributed by atoms with Gasteiger partial charge in [-0.1, -0.05) is 23.7 Å². The van der Waals surface area contributed by atoms with Gasteiger partial charge in [0.1, 0.15) is 12.1 Å². The van der Waals surface area contributed by atoms with Gasteiger partial charge in [-0.2, -0.15) is 5.10 Å². The van der Waals surface area contributed by atoms with Gasteiger partial charge in [-0.05, 0) is 31.2 Å². The van der Waals surface area contributed by atoms with Gasteiger partial charge in [0.05, 0.1) is 17.6 Å². The van der Waals surface area contributed by atoms with Gasteiger partial charge < -0.3 is 5.32 Å². The minimum Gasteiger partial charge on any atom is -0.365 e. The van der Waals surface area contributed by atoms with Crippen molar-refractivity contribution in [3.8, 4) is 0 Å². The highest BCUT2D eigenvalue weighted by Crippen LogP contribution is 2.34. The van der Waals surface area contributed by atoms with Gasteiger partial charge in [0.2, 0.25) is 0 Å². The monoisotopic (exact) mass is 342 g/mol. The predicted octanol–water partition coefficient (Wildman–Crippen LogP) is 2.87. The summed E-state index contributed by atoms with van der Waals surface area (Å²) in [6.45, 7) is 1.03. The van der Waals surface area contributed by atoms with E-state index in [1.54, 1.807) is 11.0 Å². The number of likely N-dealkylation sites (N-methyl/N-ethyl adjacent to an activating group) is 1. The van der Waals surface area contributed by atoms with Crippen LogP contribution in [0.1, 0.15) is 18.0 Å². The summed E-state index contributed by atoms with van der Waals surface area (Å²) < 4.78 is 1.76. The second-order valence-electron chi connectivity index (χ2n) is 6.24. The third kappa shape index (κ3) is 2.61. The van der Waals surface area contributed by atoms with Gasteiger partial charge in [0.15, 0.2) is 5.65 Å². The number of benzene rings is 1. The molecule has 1 aliphatic heterocycles.